The molecule has 0 fully saturated rings. The molecule has 0 radical (unpaired) electrons. The Labute approximate surface area is 135 Å². The van der Waals surface area contributed by atoms with E-state index in [0.29, 0.717) is 24.5 Å². The molecule has 1 heterocycles. The third kappa shape index (κ3) is 3.67. The van der Waals surface area contributed by atoms with E-state index in [0.717, 1.165) is 24.8 Å². The standard InChI is InChI=1S/C18H21N3O2/c22-17-15(20-11-8-13-4-2-1-3-5-13)16(18(17)23)21-12-14-6-9-19-10-7-14/h4,6-7,9-10,20-21H,1-3,5,8,11-12H2. The van der Waals surface area contributed by atoms with Crippen molar-refractivity contribution in [2.45, 2.75) is 38.6 Å². The fraction of sp³-hybridized carbons (Fsp3) is 0.389. The number of hydrogen-bond donors (Lipinski definition) is 2. The third-order valence-corrected chi connectivity index (χ3v) is 4.26. The first kappa shape index (κ1) is 15.5. The van der Waals surface area contributed by atoms with Gasteiger partial charge in [0.1, 0.15) is 11.4 Å². The van der Waals surface area contributed by atoms with Gasteiger partial charge in [-0.1, -0.05) is 11.6 Å². The Morgan fingerprint density at radius 1 is 1.00 bits per heavy atom. The summed E-state index contributed by atoms with van der Waals surface area (Å²) in [5, 5.41) is 6.18. The van der Waals surface area contributed by atoms with Crippen molar-refractivity contribution in [1.29, 1.82) is 0 Å². The summed E-state index contributed by atoms with van der Waals surface area (Å²) in [6, 6.07) is 3.75. The van der Waals surface area contributed by atoms with E-state index in [1.54, 1.807) is 12.4 Å². The number of pyridine rings is 1. The van der Waals surface area contributed by atoms with Gasteiger partial charge in [0.25, 0.3) is 10.9 Å². The zero-order valence-corrected chi connectivity index (χ0v) is 13.1. The second-order valence-electron chi connectivity index (χ2n) is 5.90. The monoisotopic (exact) mass is 311 g/mol. The molecule has 1 aliphatic rings. The van der Waals surface area contributed by atoms with Crippen molar-refractivity contribution in [2.75, 3.05) is 17.2 Å². The highest BCUT2D eigenvalue weighted by atomic mass is 16.2. The fourth-order valence-corrected chi connectivity index (χ4v) is 2.90. The SMILES string of the molecule is O=c1c(NCCC2=CCCCC2)c(NCc2ccncc2)c1=O. The zero-order valence-electron chi connectivity index (χ0n) is 13.1. The van der Waals surface area contributed by atoms with E-state index in [2.05, 4.69) is 21.7 Å². The van der Waals surface area contributed by atoms with Crippen LogP contribution in [0.1, 0.15) is 37.7 Å². The lowest BCUT2D eigenvalue weighted by Gasteiger charge is -2.16. The van der Waals surface area contributed by atoms with E-state index < -0.39 is 10.9 Å². The highest BCUT2D eigenvalue weighted by Gasteiger charge is 2.20. The second kappa shape index (κ2) is 7.22. The lowest BCUT2D eigenvalue weighted by Crippen LogP contribution is -2.37. The molecule has 2 aromatic rings. The quantitative estimate of drug-likeness (QED) is 0.607. The van der Waals surface area contributed by atoms with Crippen LogP contribution in [0.4, 0.5) is 11.4 Å². The topological polar surface area (TPSA) is 71.1 Å². The van der Waals surface area contributed by atoms with Crippen molar-refractivity contribution in [1.82, 2.24) is 4.98 Å². The lowest BCUT2D eigenvalue weighted by molar-refractivity contribution is 0.679. The average Bonchev–Trinajstić information content (AvgIpc) is 2.61. The van der Waals surface area contributed by atoms with Crippen LogP contribution < -0.4 is 21.5 Å². The number of allylic oxidation sites excluding steroid dienone is 1. The number of anilines is 2. The molecule has 0 bridgehead atoms. The molecule has 0 aliphatic heterocycles. The first-order chi connectivity index (χ1) is 11.3. The maximum atomic E-state index is 11.7. The Kier molecular flexibility index (Phi) is 4.86. The molecule has 0 saturated carbocycles. The van der Waals surface area contributed by atoms with Crippen molar-refractivity contribution in [2.24, 2.45) is 0 Å². The van der Waals surface area contributed by atoms with Gasteiger partial charge in [0, 0.05) is 25.5 Å². The molecule has 23 heavy (non-hydrogen) atoms. The lowest BCUT2D eigenvalue weighted by atomic mass is 9.97. The normalized spacial score (nSPS) is 14.5. The highest BCUT2D eigenvalue weighted by Crippen LogP contribution is 2.21. The first-order valence-electron chi connectivity index (χ1n) is 8.13. The molecule has 2 N–H and O–H groups in total. The van der Waals surface area contributed by atoms with Crippen LogP contribution in [-0.2, 0) is 6.54 Å². The number of rotatable bonds is 7. The minimum Gasteiger partial charge on any atom is -0.380 e. The summed E-state index contributed by atoms with van der Waals surface area (Å²) < 4.78 is 0. The smallest absolute Gasteiger partial charge is 0.253 e. The van der Waals surface area contributed by atoms with Crippen LogP contribution in [0.3, 0.4) is 0 Å². The molecule has 0 atom stereocenters. The van der Waals surface area contributed by atoms with E-state index in [9.17, 15) is 9.59 Å². The molecule has 1 aromatic heterocycles. The van der Waals surface area contributed by atoms with Crippen molar-refractivity contribution >= 4 is 11.4 Å². The van der Waals surface area contributed by atoms with Gasteiger partial charge in [-0.15, -0.1) is 0 Å². The van der Waals surface area contributed by atoms with Gasteiger partial charge in [0.05, 0.1) is 0 Å². The van der Waals surface area contributed by atoms with E-state index >= 15 is 0 Å². The second-order valence-corrected chi connectivity index (χ2v) is 5.90. The van der Waals surface area contributed by atoms with E-state index in [4.69, 9.17) is 0 Å². The summed E-state index contributed by atoms with van der Waals surface area (Å²) in [7, 11) is 0. The van der Waals surface area contributed by atoms with Crippen LogP contribution in [-0.4, -0.2) is 11.5 Å². The molecule has 0 amide bonds. The Morgan fingerprint density at radius 2 is 1.74 bits per heavy atom. The molecular formula is C18H21N3O2. The van der Waals surface area contributed by atoms with Crippen molar-refractivity contribution in [3.8, 4) is 0 Å². The molecule has 120 valence electrons. The van der Waals surface area contributed by atoms with Crippen LogP contribution in [0.15, 0.2) is 45.8 Å². The summed E-state index contributed by atoms with van der Waals surface area (Å²) in [6.07, 6.45) is 11.5. The maximum Gasteiger partial charge on any atom is 0.253 e. The summed E-state index contributed by atoms with van der Waals surface area (Å²) in [4.78, 5) is 27.4. The predicted octanol–water partition coefficient (Wildman–Crippen LogP) is 2.59. The van der Waals surface area contributed by atoms with Crippen molar-refractivity contribution in [3.05, 3.63) is 62.2 Å². The van der Waals surface area contributed by atoms with E-state index in [-0.39, 0.29) is 0 Å². The van der Waals surface area contributed by atoms with Gasteiger partial charge in [-0.3, -0.25) is 14.6 Å². The summed E-state index contributed by atoms with van der Waals surface area (Å²) in [5.41, 5.74) is 2.46. The Morgan fingerprint density at radius 3 is 2.43 bits per heavy atom. The number of aromatic nitrogens is 1. The van der Waals surface area contributed by atoms with Crippen molar-refractivity contribution in [3.63, 3.8) is 0 Å². The molecular weight excluding hydrogens is 290 g/mol. The van der Waals surface area contributed by atoms with Gasteiger partial charge in [-0.25, -0.2) is 0 Å². The molecule has 0 unspecified atom stereocenters. The number of hydrogen-bond acceptors (Lipinski definition) is 5. The van der Waals surface area contributed by atoms with E-state index in [1.807, 2.05) is 12.1 Å². The Hall–Kier alpha value is -2.43. The fourth-order valence-electron chi connectivity index (χ4n) is 2.90. The van der Waals surface area contributed by atoms with Gasteiger partial charge in [0.15, 0.2) is 0 Å². The molecule has 1 aromatic carbocycles. The summed E-state index contributed by atoms with van der Waals surface area (Å²) >= 11 is 0. The Balaban J connectivity index is 1.55. The molecule has 5 nitrogen and oxygen atoms in total. The average molecular weight is 311 g/mol. The van der Waals surface area contributed by atoms with Crippen molar-refractivity contribution < 1.29 is 0 Å². The summed E-state index contributed by atoms with van der Waals surface area (Å²) in [5.74, 6) is 0. The number of nitrogens with one attached hydrogen (secondary N) is 2. The molecule has 0 spiro atoms. The van der Waals surface area contributed by atoms with Crippen LogP contribution in [0.5, 0.6) is 0 Å². The van der Waals surface area contributed by atoms with Gasteiger partial charge in [0.2, 0.25) is 0 Å². The summed E-state index contributed by atoms with van der Waals surface area (Å²) in [6.45, 7) is 1.20. The third-order valence-electron chi connectivity index (χ3n) is 4.26. The molecule has 3 rings (SSSR count). The van der Waals surface area contributed by atoms with Crippen LogP contribution >= 0.6 is 0 Å². The molecule has 0 saturated heterocycles. The first-order valence-corrected chi connectivity index (χ1v) is 8.13. The highest BCUT2D eigenvalue weighted by molar-refractivity contribution is 5.73. The van der Waals surface area contributed by atoms with Gasteiger partial charge >= 0.3 is 0 Å². The predicted molar refractivity (Wildman–Crippen MR) is 92.6 cm³/mol. The Bertz CT molecular complexity index is 758. The minimum absolute atomic E-state index is 0.407. The number of nitrogens with zero attached hydrogens (tertiary/aromatic N) is 1. The minimum atomic E-state index is -0.432. The largest absolute Gasteiger partial charge is 0.380 e. The zero-order chi connectivity index (χ0) is 16.1. The van der Waals surface area contributed by atoms with Crippen LogP contribution in [0.2, 0.25) is 0 Å². The van der Waals surface area contributed by atoms with E-state index in [1.165, 1.54) is 18.4 Å². The molecule has 5 heteroatoms. The van der Waals surface area contributed by atoms with Crippen LogP contribution in [0.25, 0.3) is 0 Å². The van der Waals surface area contributed by atoms with Gasteiger partial charge in [-0.05, 0) is 49.8 Å². The van der Waals surface area contributed by atoms with Gasteiger partial charge < -0.3 is 10.6 Å². The van der Waals surface area contributed by atoms with Gasteiger partial charge in [-0.2, -0.15) is 0 Å². The molecule has 1 aliphatic carbocycles. The van der Waals surface area contributed by atoms with Crippen LogP contribution in [0, 0.1) is 0 Å². The maximum absolute atomic E-state index is 11.7.